The van der Waals surface area contributed by atoms with Crippen LogP contribution in [0.25, 0.3) is 0 Å². The summed E-state index contributed by atoms with van der Waals surface area (Å²) in [6.07, 6.45) is 0. The van der Waals surface area contributed by atoms with Crippen molar-refractivity contribution in [3.8, 4) is 11.5 Å². The highest BCUT2D eigenvalue weighted by atomic mass is 79.9. The largest absolute Gasteiger partial charge is 0.497 e. The topological polar surface area (TPSA) is 59.6 Å². The van der Waals surface area contributed by atoms with E-state index in [1.54, 1.807) is 32.4 Å². The lowest BCUT2D eigenvalue weighted by Gasteiger charge is -2.13. The number of rotatable bonds is 6. The van der Waals surface area contributed by atoms with Crippen LogP contribution < -0.4 is 20.1 Å². The van der Waals surface area contributed by atoms with Crippen LogP contribution in [0.4, 0.5) is 11.4 Å². The van der Waals surface area contributed by atoms with Crippen LogP contribution in [-0.2, 0) is 4.79 Å². The van der Waals surface area contributed by atoms with Gasteiger partial charge in [-0.15, -0.1) is 0 Å². The molecule has 0 aliphatic rings. The third-order valence-electron chi connectivity index (χ3n) is 3.29. The summed E-state index contributed by atoms with van der Waals surface area (Å²) < 4.78 is 11.5. The van der Waals surface area contributed by atoms with Gasteiger partial charge in [-0.1, -0.05) is 15.9 Å². The van der Waals surface area contributed by atoms with Gasteiger partial charge in [-0.3, -0.25) is 4.79 Å². The number of aryl methyl sites for hydroxylation is 1. The van der Waals surface area contributed by atoms with E-state index in [1.807, 2.05) is 25.1 Å². The van der Waals surface area contributed by atoms with Crippen LogP contribution in [0.5, 0.6) is 11.5 Å². The van der Waals surface area contributed by atoms with Gasteiger partial charge in [-0.2, -0.15) is 0 Å². The molecule has 0 spiro atoms. The van der Waals surface area contributed by atoms with Crippen molar-refractivity contribution in [2.45, 2.75) is 6.92 Å². The summed E-state index contributed by atoms with van der Waals surface area (Å²) in [5.41, 5.74) is 2.52. The highest BCUT2D eigenvalue weighted by Crippen LogP contribution is 2.28. The Bertz CT molecular complexity index is 704. The van der Waals surface area contributed by atoms with Crippen LogP contribution in [0.2, 0.25) is 0 Å². The standard InChI is InChI=1S/C17H19BrN2O3/c1-11-8-12(4-6-14(11)18)20-17(21)10-19-15-9-13(22-2)5-7-16(15)23-3/h4-9,19H,10H2,1-3H3,(H,20,21). The summed E-state index contributed by atoms with van der Waals surface area (Å²) in [6.45, 7) is 2.09. The van der Waals surface area contributed by atoms with Gasteiger partial charge in [0, 0.05) is 16.2 Å². The Kier molecular flexibility index (Phi) is 5.87. The van der Waals surface area contributed by atoms with Crippen molar-refractivity contribution in [1.82, 2.24) is 0 Å². The van der Waals surface area contributed by atoms with Gasteiger partial charge in [0.2, 0.25) is 5.91 Å². The van der Waals surface area contributed by atoms with Gasteiger partial charge >= 0.3 is 0 Å². The first-order chi connectivity index (χ1) is 11.0. The zero-order valence-electron chi connectivity index (χ0n) is 13.3. The number of benzene rings is 2. The molecular weight excluding hydrogens is 360 g/mol. The minimum Gasteiger partial charge on any atom is -0.497 e. The van der Waals surface area contributed by atoms with E-state index in [4.69, 9.17) is 9.47 Å². The second-order valence-electron chi connectivity index (χ2n) is 4.93. The molecule has 2 aromatic rings. The summed E-state index contributed by atoms with van der Waals surface area (Å²) in [4.78, 5) is 12.1. The van der Waals surface area contributed by atoms with Crippen LogP contribution in [0, 0.1) is 6.92 Å². The maximum absolute atomic E-state index is 12.1. The van der Waals surface area contributed by atoms with Crippen LogP contribution in [0.1, 0.15) is 5.56 Å². The maximum Gasteiger partial charge on any atom is 0.243 e. The smallest absolute Gasteiger partial charge is 0.243 e. The summed E-state index contributed by atoms with van der Waals surface area (Å²) in [7, 11) is 3.17. The minimum absolute atomic E-state index is 0.124. The van der Waals surface area contributed by atoms with E-state index in [0.29, 0.717) is 17.2 Å². The average Bonchev–Trinajstić information content (AvgIpc) is 2.56. The van der Waals surface area contributed by atoms with Crippen LogP contribution >= 0.6 is 15.9 Å². The number of nitrogens with one attached hydrogen (secondary N) is 2. The number of anilines is 2. The fourth-order valence-corrected chi connectivity index (χ4v) is 2.30. The molecule has 0 saturated heterocycles. The molecule has 0 aliphatic heterocycles. The first-order valence-electron chi connectivity index (χ1n) is 7.05. The Labute approximate surface area is 144 Å². The fraction of sp³-hybridized carbons (Fsp3) is 0.235. The zero-order chi connectivity index (χ0) is 16.8. The van der Waals surface area contributed by atoms with Crippen molar-refractivity contribution in [1.29, 1.82) is 0 Å². The predicted molar refractivity (Wildman–Crippen MR) is 95.5 cm³/mol. The van der Waals surface area contributed by atoms with Gasteiger partial charge in [0.05, 0.1) is 26.5 Å². The van der Waals surface area contributed by atoms with Crippen molar-refractivity contribution in [3.05, 3.63) is 46.4 Å². The molecule has 2 rings (SSSR count). The molecule has 5 nitrogen and oxygen atoms in total. The van der Waals surface area contributed by atoms with Gasteiger partial charge < -0.3 is 20.1 Å². The van der Waals surface area contributed by atoms with Gasteiger partial charge in [0.15, 0.2) is 0 Å². The number of hydrogen-bond acceptors (Lipinski definition) is 4. The summed E-state index contributed by atoms with van der Waals surface area (Å²) >= 11 is 3.44. The van der Waals surface area contributed by atoms with Gasteiger partial charge in [-0.25, -0.2) is 0 Å². The third kappa shape index (κ3) is 4.63. The number of ether oxygens (including phenoxy) is 2. The van der Waals surface area contributed by atoms with Crippen molar-refractivity contribution >= 4 is 33.2 Å². The Morgan fingerprint density at radius 1 is 1.13 bits per heavy atom. The van der Waals surface area contributed by atoms with E-state index in [-0.39, 0.29) is 12.5 Å². The summed E-state index contributed by atoms with van der Waals surface area (Å²) in [6, 6.07) is 11.0. The zero-order valence-corrected chi connectivity index (χ0v) is 14.9. The van der Waals surface area contributed by atoms with E-state index in [0.717, 1.165) is 15.7 Å². The molecule has 0 fully saturated rings. The molecular formula is C17H19BrN2O3. The minimum atomic E-state index is -0.142. The Morgan fingerprint density at radius 2 is 1.91 bits per heavy atom. The highest BCUT2D eigenvalue weighted by molar-refractivity contribution is 9.10. The Morgan fingerprint density at radius 3 is 2.57 bits per heavy atom. The molecule has 0 atom stereocenters. The highest BCUT2D eigenvalue weighted by Gasteiger charge is 2.08. The molecule has 0 unspecified atom stereocenters. The van der Waals surface area contributed by atoms with Crippen LogP contribution in [-0.4, -0.2) is 26.7 Å². The lowest BCUT2D eigenvalue weighted by Crippen LogP contribution is -2.22. The normalized spacial score (nSPS) is 10.1. The predicted octanol–water partition coefficient (Wildman–Crippen LogP) is 3.83. The van der Waals surface area contributed by atoms with Crippen LogP contribution in [0.3, 0.4) is 0 Å². The van der Waals surface area contributed by atoms with E-state index in [9.17, 15) is 4.79 Å². The van der Waals surface area contributed by atoms with Gasteiger partial charge in [-0.05, 0) is 42.8 Å². The molecule has 122 valence electrons. The number of halogens is 1. The molecule has 2 N–H and O–H groups in total. The lowest BCUT2D eigenvalue weighted by atomic mass is 10.2. The second-order valence-corrected chi connectivity index (χ2v) is 5.79. The molecule has 0 radical (unpaired) electrons. The third-order valence-corrected chi connectivity index (χ3v) is 4.18. The maximum atomic E-state index is 12.1. The van der Waals surface area contributed by atoms with E-state index in [2.05, 4.69) is 26.6 Å². The van der Waals surface area contributed by atoms with Crippen LogP contribution in [0.15, 0.2) is 40.9 Å². The second kappa shape index (κ2) is 7.87. The molecule has 1 amide bonds. The molecule has 2 aromatic carbocycles. The lowest BCUT2D eigenvalue weighted by molar-refractivity contribution is -0.114. The van der Waals surface area contributed by atoms with Crippen molar-refractivity contribution in [2.75, 3.05) is 31.4 Å². The van der Waals surface area contributed by atoms with E-state index in [1.165, 1.54) is 0 Å². The molecule has 0 saturated carbocycles. The van der Waals surface area contributed by atoms with Gasteiger partial charge in [0.1, 0.15) is 11.5 Å². The molecule has 23 heavy (non-hydrogen) atoms. The van der Waals surface area contributed by atoms with Gasteiger partial charge in [0.25, 0.3) is 0 Å². The Hall–Kier alpha value is -2.21. The van der Waals surface area contributed by atoms with Crippen molar-refractivity contribution in [2.24, 2.45) is 0 Å². The molecule has 0 bridgehead atoms. The molecule has 6 heteroatoms. The monoisotopic (exact) mass is 378 g/mol. The molecule has 0 aliphatic carbocycles. The Balaban J connectivity index is 2.00. The van der Waals surface area contributed by atoms with E-state index < -0.39 is 0 Å². The number of carbonyl (C=O) groups is 1. The summed E-state index contributed by atoms with van der Waals surface area (Å²) in [5, 5.41) is 5.91. The quantitative estimate of drug-likeness (QED) is 0.801. The SMILES string of the molecule is COc1ccc(OC)c(NCC(=O)Nc2ccc(Br)c(C)c2)c1. The first kappa shape index (κ1) is 17.1. The molecule has 0 aromatic heterocycles. The fourth-order valence-electron chi connectivity index (χ4n) is 2.06. The number of amides is 1. The number of methoxy groups -OCH3 is 2. The number of carbonyl (C=O) groups excluding carboxylic acids is 1. The van der Waals surface area contributed by atoms with Crippen molar-refractivity contribution < 1.29 is 14.3 Å². The van der Waals surface area contributed by atoms with E-state index >= 15 is 0 Å². The summed E-state index contributed by atoms with van der Waals surface area (Å²) in [5.74, 6) is 1.20. The first-order valence-corrected chi connectivity index (χ1v) is 7.84. The molecule has 0 heterocycles. The van der Waals surface area contributed by atoms with Crippen molar-refractivity contribution in [3.63, 3.8) is 0 Å². The average molecular weight is 379 g/mol. The number of hydrogen-bond donors (Lipinski definition) is 2.